The van der Waals surface area contributed by atoms with E-state index in [0.29, 0.717) is 0 Å². The van der Waals surface area contributed by atoms with Crippen LogP contribution in [0.2, 0.25) is 0 Å². The van der Waals surface area contributed by atoms with Gasteiger partial charge in [-0.2, -0.15) is 0 Å². The van der Waals surface area contributed by atoms with E-state index in [0.717, 1.165) is 32.1 Å². The van der Waals surface area contributed by atoms with Gasteiger partial charge in [0.15, 0.2) is 0 Å². The Morgan fingerprint density at radius 2 is 1.20 bits per heavy atom. The van der Waals surface area contributed by atoms with Crippen LogP contribution in [0.25, 0.3) is 0 Å². The average Bonchev–Trinajstić information content (AvgIpc) is 2.40. The molecule has 0 fully saturated rings. The Labute approximate surface area is 148 Å². The van der Waals surface area contributed by atoms with E-state index in [9.17, 15) is 0 Å². The van der Waals surface area contributed by atoms with Crippen molar-refractivity contribution in [1.29, 1.82) is 0 Å². The monoisotopic (exact) mass is 417 g/mol. The van der Waals surface area contributed by atoms with Gasteiger partial charge in [-0.3, -0.25) is 15.2 Å². The molecule has 0 aliphatic carbocycles. The van der Waals surface area contributed by atoms with Gasteiger partial charge < -0.3 is 17.0 Å². The van der Waals surface area contributed by atoms with Crippen LogP contribution in [0, 0.1) is 0 Å². The summed E-state index contributed by atoms with van der Waals surface area (Å²) < 4.78 is 2.17. The van der Waals surface area contributed by atoms with E-state index in [-0.39, 0.29) is 34.0 Å². The van der Waals surface area contributed by atoms with Gasteiger partial charge >= 0.3 is 5.96 Å². The van der Waals surface area contributed by atoms with Gasteiger partial charge in [0.1, 0.15) is 0 Å². The number of halogens is 2. The fraction of sp³-hybridized carbons (Fsp3) is 0.933. The highest BCUT2D eigenvalue weighted by Crippen LogP contribution is 1.95. The molecule has 0 aromatic rings. The van der Waals surface area contributed by atoms with E-state index in [1.54, 1.807) is 0 Å². The first-order chi connectivity index (χ1) is 8.62. The Hall–Kier alpha value is 0.230. The maximum absolute atomic E-state index is 5.97. The van der Waals surface area contributed by atoms with Gasteiger partial charge in [-0.25, -0.2) is 0 Å². The van der Waals surface area contributed by atoms with E-state index >= 15 is 0 Å². The summed E-state index contributed by atoms with van der Waals surface area (Å²) in [5.41, 5.74) is 5.97. The zero-order chi connectivity index (χ0) is 14.4. The summed E-state index contributed by atoms with van der Waals surface area (Å²) in [4.78, 5) is 2.17. The standard InChI is InChI=1S/C9H21N3.C6H14.2BrH/c1-5-11(6-2)9(10)12(7-3)8-4;1-3-5-6-4-2;;/h10H,5-8H2,1-4H3;3-6H2,1-2H3;2*1H. The summed E-state index contributed by atoms with van der Waals surface area (Å²) in [6.07, 6.45) is 5.54. The third-order valence-corrected chi connectivity index (χ3v) is 3.13. The lowest BCUT2D eigenvalue weighted by Crippen LogP contribution is -3.00. The summed E-state index contributed by atoms with van der Waals surface area (Å²) in [6, 6.07) is 0. The molecule has 3 nitrogen and oxygen atoms in total. The van der Waals surface area contributed by atoms with E-state index in [4.69, 9.17) is 5.73 Å². The molecule has 0 rings (SSSR count). The molecule has 0 aliphatic rings. The van der Waals surface area contributed by atoms with Crippen LogP contribution in [0.3, 0.4) is 0 Å². The van der Waals surface area contributed by atoms with E-state index in [1.165, 1.54) is 25.7 Å². The summed E-state index contributed by atoms with van der Waals surface area (Å²) in [5.74, 6) is 0.907. The molecule has 126 valence electrons. The third kappa shape index (κ3) is 14.6. The lowest BCUT2D eigenvalue weighted by atomic mass is 10.2. The van der Waals surface area contributed by atoms with Gasteiger partial charge in [-0.1, -0.05) is 39.5 Å². The fourth-order valence-electron chi connectivity index (χ4n) is 1.80. The van der Waals surface area contributed by atoms with Crippen molar-refractivity contribution in [1.82, 2.24) is 4.90 Å². The fourth-order valence-corrected chi connectivity index (χ4v) is 1.80. The number of hydrogen-bond donors (Lipinski definition) is 1. The number of nitrogens with two attached hydrogens (primary N) is 1. The molecule has 0 amide bonds. The van der Waals surface area contributed by atoms with Crippen LogP contribution in [0.15, 0.2) is 0 Å². The minimum absolute atomic E-state index is 0. The van der Waals surface area contributed by atoms with Crippen molar-refractivity contribution in [3.05, 3.63) is 0 Å². The van der Waals surface area contributed by atoms with E-state index in [2.05, 4.69) is 51.0 Å². The molecular weight excluding hydrogens is 382 g/mol. The van der Waals surface area contributed by atoms with Gasteiger partial charge in [-0.15, -0.1) is 17.0 Å². The lowest BCUT2D eigenvalue weighted by molar-refractivity contribution is -0.526. The predicted octanol–water partition coefficient (Wildman–Crippen LogP) is 0.864. The van der Waals surface area contributed by atoms with Gasteiger partial charge in [0.2, 0.25) is 0 Å². The van der Waals surface area contributed by atoms with Crippen LogP contribution in [0.5, 0.6) is 0 Å². The highest BCUT2D eigenvalue weighted by Gasteiger charge is 2.12. The molecule has 0 spiro atoms. The van der Waals surface area contributed by atoms with Crippen LogP contribution < -0.4 is 22.7 Å². The lowest BCUT2D eigenvalue weighted by Gasteiger charge is -2.16. The quantitative estimate of drug-likeness (QED) is 0.288. The van der Waals surface area contributed by atoms with Crippen LogP contribution in [0.4, 0.5) is 0 Å². The van der Waals surface area contributed by atoms with Crippen LogP contribution in [-0.2, 0) is 0 Å². The summed E-state index contributed by atoms with van der Waals surface area (Å²) in [5, 5.41) is 0. The third-order valence-electron chi connectivity index (χ3n) is 3.13. The molecule has 0 heterocycles. The zero-order valence-corrected chi connectivity index (χ0v) is 17.7. The summed E-state index contributed by atoms with van der Waals surface area (Å²) in [7, 11) is 0. The topological polar surface area (TPSA) is 32.3 Å². The van der Waals surface area contributed by atoms with Crippen molar-refractivity contribution in [3.63, 3.8) is 0 Å². The molecule has 0 radical (unpaired) electrons. The molecule has 2 N–H and O–H groups in total. The van der Waals surface area contributed by atoms with Crippen molar-refractivity contribution in [2.24, 2.45) is 5.73 Å². The molecule has 0 bridgehead atoms. The number of nitrogens with zero attached hydrogens (tertiary/aromatic N) is 2. The van der Waals surface area contributed by atoms with Crippen LogP contribution >= 0.6 is 17.0 Å². The Balaban J connectivity index is -0.000000139. The van der Waals surface area contributed by atoms with Crippen molar-refractivity contribution in [3.8, 4) is 0 Å². The second-order valence-electron chi connectivity index (χ2n) is 4.41. The van der Waals surface area contributed by atoms with Gasteiger partial charge in [0.25, 0.3) is 0 Å². The largest absolute Gasteiger partial charge is 1.00 e. The number of guanidine groups is 1. The second-order valence-corrected chi connectivity index (χ2v) is 4.41. The molecule has 0 saturated carbocycles. The molecule has 0 aromatic heterocycles. The Morgan fingerprint density at radius 3 is 1.40 bits per heavy atom. The summed E-state index contributed by atoms with van der Waals surface area (Å²) in [6.45, 7) is 16.9. The minimum atomic E-state index is 0. The average molecular weight is 419 g/mol. The molecule has 0 saturated heterocycles. The molecule has 0 unspecified atom stereocenters. The Kier molecular flexibility index (Phi) is 30.6. The van der Waals surface area contributed by atoms with Crippen molar-refractivity contribution in [2.45, 2.75) is 67.2 Å². The molecule has 0 atom stereocenters. The smallest absolute Gasteiger partial charge is 0.345 e. The molecule has 20 heavy (non-hydrogen) atoms. The second kappa shape index (κ2) is 21.5. The molecule has 5 heteroatoms. The van der Waals surface area contributed by atoms with Gasteiger partial charge in [0, 0.05) is 0 Å². The number of rotatable bonds is 7. The Morgan fingerprint density at radius 1 is 0.850 bits per heavy atom. The zero-order valence-electron chi connectivity index (χ0n) is 14.4. The maximum atomic E-state index is 5.97. The van der Waals surface area contributed by atoms with Gasteiger partial charge in [0.05, 0.1) is 26.2 Å². The van der Waals surface area contributed by atoms with Gasteiger partial charge in [-0.05, 0) is 27.7 Å². The predicted molar refractivity (Wildman–Crippen MR) is 93.6 cm³/mol. The summed E-state index contributed by atoms with van der Waals surface area (Å²) >= 11 is 0. The highest BCUT2D eigenvalue weighted by molar-refractivity contribution is 8.93. The minimum Gasteiger partial charge on any atom is -1.00 e. The maximum Gasteiger partial charge on any atom is 0.345 e. The van der Waals surface area contributed by atoms with E-state index < -0.39 is 0 Å². The van der Waals surface area contributed by atoms with Crippen LogP contribution in [-0.4, -0.2) is 41.6 Å². The van der Waals surface area contributed by atoms with Crippen molar-refractivity contribution < 1.29 is 21.6 Å². The first-order valence-electron chi connectivity index (χ1n) is 7.74. The molecule has 0 aliphatic heterocycles. The first kappa shape index (κ1) is 28.4. The Bertz CT molecular complexity index is 195. The molecule has 0 aromatic carbocycles. The van der Waals surface area contributed by atoms with Crippen molar-refractivity contribution >= 4 is 22.9 Å². The number of hydrogen-bond acceptors (Lipinski definition) is 0. The normalized spacial score (nSPS) is 8.50. The highest BCUT2D eigenvalue weighted by atomic mass is 79.9. The SMILES string of the molecule is Br.CCCCCC.CCN(CC)C(N)=[N+](CC)CC.[Br-]. The van der Waals surface area contributed by atoms with Crippen molar-refractivity contribution in [2.75, 3.05) is 26.2 Å². The first-order valence-corrected chi connectivity index (χ1v) is 7.74. The number of unbranched alkanes of at least 4 members (excludes halogenated alkanes) is 3. The molecular formula is C15H37Br2N3. The van der Waals surface area contributed by atoms with E-state index in [1.807, 2.05) is 0 Å². The van der Waals surface area contributed by atoms with Crippen LogP contribution in [0.1, 0.15) is 67.2 Å².